The van der Waals surface area contributed by atoms with Gasteiger partial charge in [-0.3, -0.25) is 14.6 Å². The van der Waals surface area contributed by atoms with Crippen molar-refractivity contribution < 1.29 is 18.7 Å². The van der Waals surface area contributed by atoms with Gasteiger partial charge in [-0.1, -0.05) is 23.8 Å². The SMILES string of the molecule is COc1ccc(CN(C)CN2C(=O)[C@@H](C)N(c3ccc(C)cc3)C2=O)cc1F. The standard InChI is InChI=1S/C21H24FN3O3/c1-14-5-8-17(9-6-14)25-15(2)20(26)24(21(25)27)13-23(3)12-16-7-10-19(28-4)18(22)11-16/h5-11,15H,12-13H2,1-4H3/t15-/m1/s1. The van der Waals surface area contributed by atoms with E-state index in [9.17, 15) is 14.0 Å². The van der Waals surface area contributed by atoms with E-state index < -0.39 is 11.9 Å². The van der Waals surface area contributed by atoms with Gasteiger partial charge in [0.1, 0.15) is 6.04 Å². The lowest BCUT2D eigenvalue weighted by molar-refractivity contribution is -0.128. The van der Waals surface area contributed by atoms with Gasteiger partial charge in [-0.25, -0.2) is 14.1 Å². The molecular weight excluding hydrogens is 361 g/mol. The van der Waals surface area contributed by atoms with Crippen LogP contribution in [0, 0.1) is 12.7 Å². The van der Waals surface area contributed by atoms with E-state index >= 15 is 0 Å². The minimum absolute atomic E-state index is 0.123. The summed E-state index contributed by atoms with van der Waals surface area (Å²) in [4.78, 5) is 30.0. The zero-order valence-corrected chi connectivity index (χ0v) is 16.5. The predicted octanol–water partition coefficient (Wildman–Crippen LogP) is 3.39. The summed E-state index contributed by atoms with van der Waals surface area (Å²) in [5.74, 6) is -0.516. The third-order valence-corrected chi connectivity index (χ3v) is 4.81. The summed E-state index contributed by atoms with van der Waals surface area (Å²) >= 11 is 0. The van der Waals surface area contributed by atoms with Crippen molar-refractivity contribution in [2.75, 3.05) is 25.7 Å². The molecule has 3 rings (SSSR count). The van der Waals surface area contributed by atoms with Crippen molar-refractivity contribution in [3.63, 3.8) is 0 Å². The number of imide groups is 1. The molecule has 0 spiro atoms. The molecule has 0 unspecified atom stereocenters. The fraction of sp³-hybridized carbons (Fsp3) is 0.333. The Kier molecular flexibility index (Phi) is 5.65. The van der Waals surface area contributed by atoms with E-state index in [0.29, 0.717) is 12.2 Å². The summed E-state index contributed by atoms with van der Waals surface area (Å²) in [5, 5.41) is 0. The van der Waals surface area contributed by atoms with Crippen molar-refractivity contribution in [3.8, 4) is 5.75 Å². The van der Waals surface area contributed by atoms with Gasteiger partial charge in [0.05, 0.1) is 13.8 Å². The second-order valence-corrected chi connectivity index (χ2v) is 7.05. The van der Waals surface area contributed by atoms with Crippen LogP contribution in [0.25, 0.3) is 0 Å². The lowest BCUT2D eigenvalue weighted by Crippen LogP contribution is -2.40. The zero-order valence-electron chi connectivity index (χ0n) is 16.5. The van der Waals surface area contributed by atoms with Gasteiger partial charge in [0.25, 0.3) is 5.91 Å². The van der Waals surface area contributed by atoms with E-state index in [4.69, 9.17) is 4.74 Å². The van der Waals surface area contributed by atoms with Crippen LogP contribution in [0.4, 0.5) is 14.9 Å². The highest BCUT2D eigenvalue weighted by molar-refractivity contribution is 6.14. The first-order valence-electron chi connectivity index (χ1n) is 9.04. The van der Waals surface area contributed by atoms with Gasteiger partial charge in [-0.05, 0) is 50.7 Å². The number of benzene rings is 2. The molecule has 0 N–H and O–H groups in total. The molecule has 1 atom stereocenters. The van der Waals surface area contributed by atoms with Gasteiger partial charge in [-0.15, -0.1) is 0 Å². The number of halogens is 1. The van der Waals surface area contributed by atoms with Crippen molar-refractivity contribution in [1.29, 1.82) is 0 Å². The third kappa shape index (κ3) is 3.84. The molecule has 2 aromatic rings. The van der Waals surface area contributed by atoms with Crippen LogP contribution < -0.4 is 9.64 Å². The number of carbonyl (C=O) groups is 2. The summed E-state index contributed by atoms with van der Waals surface area (Å²) in [6.45, 7) is 4.20. The fourth-order valence-electron chi connectivity index (χ4n) is 3.31. The molecule has 28 heavy (non-hydrogen) atoms. The van der Waals surface area contributed by atoms with Crippen molar-refractivity contribution >= 4 is 17.6 Å². The molecule has 6 nitrogen and oxygen atoms in total. The second-order valence-electron chi connectivity index (χ2n) is 7.05. The van der Waals surface area contributed by atoms with Crippen LogP contribution in [0.2, 0.25) is 0 Å². The number of ether oxygens (including phenoxy) is 1. The van der Waals surface area contributed by atoms with E-state index in [2.05, 4.69) is 0 Å². The molecule has 1 heterocycles. The summed E-state index contributed by atoms with van der Waals surface area (Å²) in [5.41, 5.74) is 2.50. The summed E-state index contributed by atoms with van der Waals surface area (Å²) in [7, 11) is 3.19. The molecule has 0 aliphatic carbocycles. The summed E-state index contributed by atoms with van der Waals surface area (Å²) < 4.78 is 18.8. The highest BCUT2D eigenvalue weighted by Gasteiger charge is 2.43. The Hall–Kier alpha value is -2.93. The van der Waals surface area contributed by atoms with Crippen molar-refractivity contribution in [2.24, 2.45) is 0 Å². The minimum atomic E-state index is -0.568. The highest BCUT2D eigenvalue weighted by atomic mass is 19.1. The molecule has 1 aliphatic heterocycles. The third-order valence-electron chi connectivity index (χ3n) is 4.81. The molecule has 1 aliphatic rings. The maximum Gasteiger partial charge on any atom is 0.333 e. The first-order valence-corrected chi connectivity index (χ1v) is 9.04. The number of aryl methyl sites for hydroxylation is 1. The molecule has 3 amide bonds. The molecule has 0 saturated carbocycles. The second kappa shape index (κ2) is 7.98. The number of hydrogen-bond acceptors (Lipinski definition) is 4. The van der Waals surface area contributed by atoms with Crippen molar-refractivity contribution in [1.82, 2.24) is 9.80 Å². The molecule has 148 valence electrons. The van der Waals surface area contributed by atoms with E-state index in [1.54, 1.807) is 31.0 Å². The maximum absolute atomic E-state index is 13.9. The number of hydrogen-bond donors (Lipinski definition) is 0. The molecule has 1 fully saturated rings. The van der Waals surface area contributed by atoms with E-state index in [1.807, 2.05) is 31.2 Å². The molecular formula is C21H24FN3O3. The molecule has 0 bridgehead atoms. The Bertz CT molecular complexity index is 885. The lowest BCUT2D eigenvalue weighted by atomic mass is 10.2. The van der Waals surface area contributed by atoms with Crippen LogP contribution >= 0.6 is 0 Å². The molecule has 0 radical (unpaired) electrons. The highest BCUT2D eigenvalue weighted by Crippen LogP contribution is 2.26. The molecule has 2 aromatic carbocycles. The van der Waals surface area contributed by atoms with Gasteiger partial charge in [-0.2, -0.15) is 0 Å². The van der Waals surface area contributed by atoms with E-state index in [1.165, 1.54) is 23.0 Å². The Labute approximate surface area is 164 Å². The number of carbonyl (C=O) groups excluding carboxylic acids is 2. The smallest absolute Gasteiger partial charge is 0.333 e. The number of methoxy groups -OCH3 is 1. The van der Waals surface area contributed by atoms with Crippen LogP contribution in [0.1, 0.15) is 18.1 Å². The Morgan fingerprint density at radius 2 is 1.82 bits per heavy atom. The summed E-state index contributed by atoms with van der Waals surface area (Å²) in [6.07, 6.45) is 0. The Morgan fingerprint density at radius 1 is 1.14 bits per heavy atom. The van der Waals surface area contributed by atoms with Gasteiger partial charge in [0.2, 0.25) is 0 Å². The van der Waals surface area contributed by atoms with Gasteiger partial charge in [0, 0.05) is 12.2 Å². The van der Waals surface area contributed by atoms with Crippen LogP contribution in [0.15, 0.2) is 42.5 Å². The van der Waals surface area contributed by atoms with Crippen LogP contribution in [0.5, 0.6) is 5.75 Å². The number of anilines is 1. The van der Waals surface area contributed by atoms with Gasteiger partial charge >= 0.3 is 6.03 Å². The van der Waals surface area contributed by atoms with Crippen LogP contribution in [-0.4, -0.2) is 48.6 Å². The van der Waals surface area contributed by atoms with Crippen LogP contribution in [0.3, 0.4) is 0 Å². The molecule has 7 heteroatoms. The molecule has 1 saturated heterocycles. The first kappa shape index (κ1) is 19.8. The van der Waals surface area contributed by atoms with Crippen LogP contribution in [-0.2, 0) is 11.3 Å². The monoisotopic (exact) mass is 385 g/mol. The quantitative estimate of drug-likeness (QED) is 0.716. The normalized spacial score (nSPS) is 17.0. The van der Waals surface area contributed by atoms with Crippen molar-refractivity contribution in [3.05, 3.63) is 59.4 Å². The topological polar surface area (TPSA) is 53.1 Å². The predicted molar refractivity (Wildman–Crippen MR) is 105 cm³/mol. The molecule has 0 aromatic heterocycles. The average molecular weight is 385 g/mol. The lowest BCUT2D eigenvalue weighted by Gasteiger charge is -2.23. The van der Waals surface area contributed by atoms with Crippen molar-refractivity contribution in [2.45, 2.75) is 26.4 Å². The minimum Gasteiger partial charge on any atom is -0.494 e. The average Bonchev–Trinajstić information content (AvgIpc) is 2.86. The first-order chi connectivity index (χ1) is 13.3. The largest absolute Gasteiger partial charge is 0.494 e. The van der Waals surface area contributed by atoms with E-state index in [0.717, 1.165) is 11.1 Å². The van der Waals surface area contributed by atoms with Gasteiger partial charge < -0.3 is 4.74 Å². The maximum atomic E-state index is 13.9. The fourth-order valence-corrected chi connectivity index (χ4v) is 3.31. The number of amides is 3. The van der Waals surface area contributed by atoms with Gasteiger partial charge in [0.15, 0.2) is 11.6 Å². The Morgan fingerprint density at radius 3 is 2.43 bits per heavy atom. The number of rotatable bonds is 6. The Balaban J connectivity index is 1.71. The zero-order chi connectivity index (χ0) is 20.4. The number of urea groups is 1. The summed E-state index contributed by atoms with van der Waals surface area (Å²) in [6, 6.07) is 11.3. The number of nitrogens with zero attached hydrogens (tertiary/aromatic N) is 3. The van der Waals surface area contributed by atoms with E-state index in [-0.39, 0.29) is 24.4 Å².